The fraction of sp³-hybridized carbons (Fsp3) is 0.0851. The third-order valence-corrected chi connectivity index (χ3v) is 9.78. The molecule has 0 radical (unpaired) electrons. The standard InChI is InChI=1S/C47H35F5N6/c1-46(2,43-29-37(28-41(53-43)39-24-23-32(48)27-40(39)49)57(33-15-7-3-8-16-33)34-17-9-4-10-18-34)44-30-38(31-45(54-44)56-26-25-42(55-56)47(50,51)52)58(35-19-11-5-12-20-35)36-21-13-6-14-22-36/h3-31H,1-2H3. The number of para-hydroxylation sites is 4. The van der Waals surface area contributed by atoms with E-state index in [0.29, 0.717) is 22.8 Å². The van der Waals surface area contributed by atoms with Crippen LogP contribution < -0.4 is 9.80 Å². The summed E-state index contributed by atoms with van der Waals surface area (Å²) in [6, 6.07) is 49.9. The monoisotopic (exact) mass is 778 g/mol. The van der Waals surface area contributed by atoms with E-state index in [-0.39, 0.29) is 17.1 Å². The van der Waals surface area contributed by atoms with Crippen LogP contribution in [0.25, 0.3) is 17.1 Å². The van der Waals surface area contributed by atoms with Gasteiger partial charge in [0, 0.05) is 52.1 Å². The Balaban J connectivity index is 1.38. The van der Waals surface area contributed by atoms with Crippen LogP contribution in [-0.4, -0.2) is 19.7 Å². The molecule has 0 N–H and O–H groups in total. The predicted molar refractivity (Wildman–Crippen MR) is 217 cm³/mol. The Kier molecular flexibility index (Phi) is 10.0. The Hall–Kier alpha value is -7.14. The average molecular weight is 779 g/mol. The summed E-state index contributed by atoms with van der Waals surface area (Å²) < 4.78 is 72.6. The molecule has 3 heterocycles. The molecule has 288 valence electrons. The highest BCUT2D eigenvalue weighted by Gasteiger charge is 2.35. The van der Waals surface area contributed by atoms with Crippen LogP contribution in [0.5, 0.6) is 0 Å². The quantitative estimate of drug-likeness (QED) is 0.129. The molecule has 8 rings (SSSR count). The van der Waals surface area contributed by atoms with Gasteiger partial charge in [0.2, 0.25) is 0 Å². The zero-order chi connectivity index (χ0) is 40.4. The molecule has 8 aromatic rings. The van der Waals surface area contributed by atoms with Gasteiger partial charge in [-0.25, -0.2) is 18.4 Å². The lowest BCUT2D eigenvalue weighted by molar-refractivity contribution is -0.141. The van der Waals surface area contributed by atoms with Crippen molar-refractivity contribution < 1.29 is 22.0 Å². The number of halogens is 5. The summed E-state index contributed by atoms with van der Waals surface area (Å²) in [5.41, 5.74) is 3.49. The van der Waals surface area contributed by atoms with Gasteiger partial charge >= 0.3 is 6.18 Å². The highest BCUT2D eigenvalue weighted by Crippen LogP contribution is 2.42. The van der Waals surface area contributed by atoms with Crippen molar-refractivity contribution in [1.29, 1.82) is 0 Å². The Morgan fingerprint density at radius 2 is 0.948 bits per heavy atom. The zero-order valence-corrected chi connectivity index (χ0v) is 31.3. The Morgan fingerprint density at radius 1 is 0.483 bits per heavy atom. The van der Waals surface area contributed by atoms with Gasteiger partial charge in [0.25, 0.3) is 0 Å². The van der Waals surface area contributed by atoms with Gasteiger partial charge in [0.1, 0.15) is 11.6 Å². The van der Waals surface area contributed by atoms with Gasteiger partial charge in [-0.15, -0.1) is 0 Å². The first-order valence-electron chi connectivity index (χ1n) is 18.4. The molecule has 0 fully saturated rings. The van der Waals surface area contributed by atoms with Crippen LogP contribution in [0.1, 0.15) is 30.9 Å². The van der Waals surface area contributed by atoms with Crippen LogP contribution >= 0.6 is 0 Å². The van der Waals surface area contributed by atoms with E-state index in [9.17, 15) is 17.6 Å². The molecule has 0 spiro atoms. The minimum atomic E-state index is -4.68. The Morgan fingerprint density at radius 3 is 1.40 bits per heavy atom. The number of anilines is 6. The van der Waals surface area contributed by atoms with E-state index in [1.165, 1.54) is 18.3 Å². The summed E-state index contributed by atoms with van der Waals surface area (Å²) in [5.74, 6) is -1.39. The van der Waals surface area contributed by atoms with E-state index in [1.807, 2.05) is 157 Å². The largest absolute Gasteiger partial charge is 0.435 e. The molecule has 0 aliphatic carbocycles. The summed E-state index contributed by atoms with van der Waals surface area (Å²) >= 11 is 0. The highest BCUT2D eigenvalue weighted by atomic mass is 19.4. The van der Waals surface area contributed by atoms with Crippen LogP contribution in [0.15, 0.2) is 176 Å². The van der Waals surface area contributed by atoms with Crippen LogP contribution in [-0.2, 0) is 11.6 Å². The molecule has 58 heavy (non-hydrogen) atoms. The molecule has 0 aliphatic heterocycles. The van der Waals surface area contributed by atoms with E-state index in [2.05, 4.69) is 5.10 Å². The number of rotatable bonds is 10. The average Bonchev–Trinajstić information content (AvgIpc) is 3.75. The molecule has 0 saturated carbocycles. The Labute approximate surface area is 332 Å². The normalized spacial score (nSPS) is 11.7. The second-order valence-electron chi connectivity index (χ2n) is 14.1. The predicted octanol–water partition coefficient (Wildman–Crippen LogP) is 12.9. The molecule has 0 aliphatic rings. The maximum atomic E-state index is 15.7. The van der Waals surface area contributed by atoms with Crippen molar-refractivity contribution in [2.45, 2.75) is 25.4 Å². The first kappa shape index (κ1) is 37.8. The maximum absolute atomic E-state index is 15.7. The number of nitrogens with zero attached hydrogens (tertiary/aromatic N) is 6. The number of alkyl halides is 3. The van der Waals surface area contributed by atoms with E-state index >= 15 is 4.39 Å². The van der Waals surface area contributed by atoms with Gasteiger partial charge in [-0.05, 0) is 98.8 Å². The lowest BCUT2D eigenvalue weighted by Crippen LogP contribution is -2.25. The van der Waals surface area contributed by atoms with E-state index < -0.39 is 28.9 Å². The number of pyridine rings is 2. The topological polar surface area (TPSA) is 50.1 Å². The molecule has 0 saturated heterocycles. The van der Waals surface area contributed by atoms with Gasteiger partial charge in [0.05, 0.1) is 28.5 Å². The second-order valence-corrected chi connectivity index (χ2v) is 14.1. The number of hydrogen-bond acceptors (Lipinski definition) is 5. The van der Waals surface area contributed by atoms with Crippen molar-refractivity contribution >= 4 is 34.1 Å². The molecule has 11 heteroatoms. The van der Waals surface area contributed by atoms with E-state index in [4.69, 9.17) is 9.97 Å². The van der Waals surface area contributed by atoms with Crippen molar-refractivity contribution in [2.24, 2.45) is 0 Å². The van der Waals surface area contributed by atoms with Gasteiger partial charge in [0.15, 0.2) is 11.5 Å². The summed E-state index contributed by atoms with van der Waals surface area (Å²) in [6.07, 6.45) is -3.45. The van der Waals surface area contributed by atoms with Gasteiger partial charge in [-0.1, -0.05) is 72.8 Å². The van der Waals surface area contributed by atoms with Crippen molar-refractivity contribution in [3.05, 3.63) is 205 Å². The molecule has 0 atom stereocenters. The van der Waals surface area contributed by atoms with Crippen molar-refractivity contribution in [3.8, 4) is 17.1 Å². The zero-order valence-electron chi connectivity index (χ0n) is 31.3. The van der Waals surface area contributed by atoms with Crippen LogP contribution in [0.4, 0.5) is 56.1 Å². The smallest absolute Gasteiger partial charge is 0.310 e. The third kappa shape index (κ3) is 7.66. The second kappa shape index (κ2) is 15.4. The van der Waals surface area contributed by atoms with Crippen LogP contribution in [0.2, 0.25) is 0 Å². The summed E-state index contributed by atoms with van der Waals surface area (Å²) in [4.78, 5) is 14.0. The van der Waals surface area contributed by atoms with Crippen LogP contribution in [0, 0.1) is 11.6 Å². The number of aromatic nitrogens is 4. The fourth-order valence-corrected chi connectivity index (χ4v) is 6.81. The summed E-state index contributed by atoms with van der Waals surface area (Å²) in [6.45, 7) is 3.80. The van der Waals surface area contributed by atoms with Gasteiger partial charge in [-0.3, -0.25) is 4.98 Å². The maximum Gasteiger partial charge on any atom is 0.435 e. The lowest BCUT2D eigenvalue weighted by Gasteiger charge is -2.31. The third-order valence-electron chi connectivity index (χ3n) is 9.78. The first-order chi connectivity index (χ1) is 28.0. The molecule has 3 aromatic heterocycles. The van der Waals surface area contributed by atoms with E-state index in [1.54, 1.807) is 12.1 Å². The summed E-state index contributed by atoms with van der Waals surface area (Å²) in [7, 11) is 0. The Bertz CT molecular complexity index is 2590. The van der Waals surface area contributed by atoms with Gasteiger partial charge < -0.3 is 9.80 Å². The van der Waals surface area contributed by atoms with Crippen LogP contribution in [0.3, 0.4) is 0 Å². The van der Waals surface area contributed by atoms with Gasteiger partial charge in [-0.2, -0.15) is 18.3 Å². The fourth-order valence-electron chi connectivity index (χ4n) is 6.81. The molecule has 0 unspecified atom stereocenters. The number of benzene rings is 5. The molecule has 0 bridgehead atoms. The highest BCUT2D eigenvalue weighted by molar-refractivity contribution is 5.80. The van der Waals surface area contributed by atoms with Crippen molar-refractivity contribution in [1.82, 2.24) is 19.7 Å². The minimum Gasteiger partial charge on any atom is -0.310 e. The molecular formula is C47H35F5N6. The first-order valence-corrected chi connectivity index (χ1v) is 18.4. The molecule has 0 amide bonds. The number of hydrogen-bond donors (Lipinski definition) is 0. The minimum absolute atomic E-state index is 0.0827. The van der Waals surface area contributed by atoms with E-state index in [0.717, 1.165) is 39.6 Å². The molecule has 6 nitrogen and oxygen atoms in total. The summed E-state index contributed by atoms with van der Waals surface area (Å²) in [5, 5.41) is 3.88. The van der Waals surface area contributed by atoms with Crippen molar-refractivity contribution in [2.75, 3.05) is 9.80 Å². The lowest BCUT2D eigenvalue weighted by atomic mass is 9.83. The molecule has 5 aromatic carbocycles. The molecular weight excluding hydrogens is 744 g/mol. The van der Waals surface area contributed by atoms with Crippen molar-refractivity contribution in [3.63, 3.8) is 0 Å². The SMILES string of the molecule is CC(C)(c1cc(N(c2ccccc2)c2ccccc2)cc(-c2ccc(F)cc2F)n1)c1cc(N(c2ccccc2)c2ccccc2)cc(-n2ccc(C(F)(F)F)n2)n1.